The van der Waals surface area contributed by atoms with E-state index in [0.29, 0.717) is 18.5 Å². The Bertz CT molecular complexity index is 454. The fourth-order valence-electron chi connectivity index (χ4n) is 2.98. The van der Waals surface area contributed by atoms with Crippen LogP contribution in [0.15, 0.2) is 24.3 Å². The molecule has 1 amide bonds. The Hall–Kier alpha value is -1.35. The molecule has 2 aliphatic rings. The zero-order chi connectivity index (χ0) is 13.1. The number of carbonyl (C=O) groups is 1. The molecule has 0 spiro atoms. The van der Waals surface area contributed by atoms with Gasteiger partial charge < -0.3 is 10.6 Å². The molecule has 0 radical (unpaired) electrons. The lowest BCUT2D eigenvalue weighted by Gasteiger charge is -2.28. The third-order valence-corrected chi connectivity index (χ3v) is 4.35. The van der Waals surface area contributed by atoms with Gasteiger partial charge in [0.25, 0.3) is 0 Å². The average molecular weight is 258 g/mol. The highest BCUT2D eigenvalue weighted by Gasteiger charge is 2.22. The van der Waals surface area contributed by atoms with Gasteiger partial charge in [0.05, 0.1) is 0 Å². The normalized spacial score (nSPS) is 22.4. The molecule has 1 saturated carbocycles. The third kappa shape index (κ3) is 2.98. The Kier molecular flexibility index (Phi) is 3.83. The van der Waals surface area contributed by atoms with Gasteiger partial charge in [-0.2, -0.15) is 0 Å². The van der Waals surface area contributed by atoms with E-state index in [2.05, 4.69) is 34.9 Å². The largest absolute Gasteiger partial charge is 0.353 e. The molecule has 1 aliphatic heterocycles. The second-order valence-electron chi connectivity index (χ2n) is 5.69. The summed E-state index contributed by atoms with van der Waals surface area (Å²) < 4.78 is 0. The van der Waals surface area contributed by atoms with Gasteiger partial charge in [-0.15, -0.1) is 0 Å². The molecule has 1 aliphatic carbocycles. The van der Waals surface area contributed by atoms with E-state index in [1.807, 2.05) is 0 Å². The molecular formula is C16H22N2O. The fourth-order valence-corrected chi connectivity index (χ4v) is 2.98. The van der Waals surface area contributed by atoms with Gasteiger partial charge in [-0.05, 0) is 49.8 Å². The van der Waals surface area contributed by atoms with Crippen LogP contribution in [0.4, 0.5) is 0 Å². The SMILES string of the molecule is O=C(CCC1NCCc2ccccc21)NC1CCC1. The molecule has 1 aromatic rings. The Morgan fingerprint density at radius 2 is 2.16 bits per heavy atom. The van der Waals surface area contributed by atoms with Gasteiger partial charge in [-0.3, -0.25) is 4.79 Å². The monoisotopic (exact) mass is 258 g/mol. The first kappa shape index (κ1) is 12.7. The number of fused-ring (bicyclic) bond motifs is 1. The molecule has 0 saturated heterocycles. The highest BCUT2D eigenvalue weighted by Crippen LogP contribution is 2.26. The Balaban J connectivity index is 1.54. The highest BCUT2D eigenvalue weighted by molar-refractivity contribution is 5.76. The van der Waals surface area contributed by atoms with E-state index in [1.54, 1.807) is 0 Å². The Morgan fingerprint density at radius 1 is 1.32 bits per heavy atom. The van der Waals surface area contributed by atoms with Gasteiger partial charge in [0.15, 0.2) is 0 Å². The lowest BCUT2D eigenvalue weighted by Crippen LogP contribution is -2.40. The van der Waals surface area contributed by atoms with Crippen molar-refractivity contribution in [2.45, 2.75) is 50.6 Å². The van der Waals surface area contributed by atoms with Gasteiger partial charge in [-0.25, -0.2) is 0 Å². The number of carbonyl (C=O) groups excluding carboxylic acids is 1. The summed E-state index contributed by atoms with van der Waals surface area (Å²) in [6.45, 7) is 1.02. The van der Waals surface area contributed by atoms with Crippen LogP contribution in [0.3, 0.4) is 0 Å². The van der Waals surface area contributed by atoms with Crippen LogP contribution in [0.1, 0.15) is 49.3 Å². The Labute approximate surface area is 114 Å². The molecular weight excluding hydrogens is 236 g/mol. The first-order valence-corrected chi connectivity index (χ1v) is 7.43. The smallest absolute Gasteiger partial charge is 0.220 e. The van der Waals surface area contributed by atoms with Gasteiger partial charge in [-0.1, -0.05) is 24.3 Å². The molecule has 1 aromatic carbocycles. The lowest BCUT2D eigenvalue weighted by molar-refractivity contribution is -0.122. The zero-order valence-electron chi connectivity index (χ0n) is 11.3. The van der Waals surface area contributed by atoms with Crippen LogP contribution in [0.2, 0.25) is 0 Å². The quantitative estimate of drug-likeness (QED) is 0.870. The van der Waals surface area contributed by atoms with Crippen LogP contribution >= 0.6 is 0 Å². The summed E-state index contributed by atoms with van der Waals surface area (Å²) in [7, 11) is 0. The minimum Gasteiger partial charge on any atom is -0.353 e. The summed E-state index contributed by atoms with van der Waals surface area (Å²) >= 11 is 0. The molecule has 1 fully saturated rings. The standard InChI is InChI=1S/C16H22N2O/c19-16(18-13-5-3-6-13)9-8-15-14-7-2-1-4-12(14)10-11-17-15/h1-2,4,7,13,15,17H,3,5-6,8-11H2,(H,18,19). The van der Waals surface area contributed by atoms with Crippen molar-refractivity contribution in [1.82, 2.24) is 10.6 Å². The predicted molar refractivity (Wildman–Crippen MR) is 75.9 cm³/mol. The number of hydrogen-bond acceptors (Lipinski definition) is 2. The van der Waals surface area contributed by atoms with E-state index >= 15 is 0 Å². The molecule has 19 heavy (non-hydrogen) atoms. The summed E-state index contributed by atoms with van der Waals surface area (Å²) in [6.07, 6.45) is 6.22. The van der Waals surface area contributed by atoms with Crippen molar-refractivity contribution >= 4 is 5.91 Å². The maximum atomic E-state index is 11.9. The van der Waals surface area contributed by atoms with E-state index in [-0.39, 0.29) is 5.91 Å². The van der Waals surface area contributed by atoms with Crippen LogP contribution in [0.25, 0.3) is 0 Å². The molecule has 1 heterocycles. The van der Waals surface area contributed by atoms with Crippen molar-refractivity contribution in [3.8, 4) is 0 Å². The summed E-state index contributed by atoms with van der Waals surface area (Å²) in [5, 5.41) is 6.65. The van der Waals surface area contributed by atoms with E-state index in [0.717, 1.165) is 32.2 Å². The van der Waals surface area contributed by atoms with Gasteiger partial charge in [0.1, 0.15) is 0 Å². The van der Waals surface area contributed by atoms with Gasteiger partial charge in [0, 0.05) is 18.5 Å². The summed E-state index contributed by atoms with van der Waals surface area (Å²) in [4.78, 5) is 11.9. The second kappa shape index (κ2) is 5.74. The highest BCUT2D eigenvalue weighted by atomic mass is 16.1. The first-order valence-electron chi connectivity index (χ1n) is 7.43. The van der Waals surface area contributed by atoms with Crippen LogP contribution in [0, 0.1) is 0 Å². The molecule has 3 rings (SSSR count). The van der Waals surface area contributed by atoms with E-state index in [4.69, 9.17) is 0 Å². The maximum Gasteiger partial charge on any atom is 0.220 e. The zero-order valence-corrected chi connectivity index (χ0v) is 11.3. The number of nitrogens with one attached hydrogen (secondary N) is 2. The van der Waals surface area contributed by atoms with E-state index in [1.165, 1.54) is 17.5 Å². The van der Waals surface area contributed by atoms with Crippen molar-refractivity contribution in [1.29, 1.82) is 0 Å². The molecule has 3 heteroatoms. The average Bonchev–Trinajstić information content (AvgIpc) is 2.40. The third-order valence-electron chi connectivity index (χ3n) is 4.35. The van der Waals surface area contributed by atoms with Crippen molar-refractivity contribution in [2.75, 3.05) is 6.54 Å². The molecule has 0 bridgehead atoms. The van der Waals surface area contributed by atoms with E-state index < -0.39 is 0 Å². The fraction of sp³-hybridized carbons (Fsp3) is 0.562. The topological polar surface area (TPSA) is 41.1 Å². The van der Waals surface area contributed by atoms with Crippen LogP contribution in [0.5, 0.6) is 0 Å². The molecule has 1 unspecified atom stereocenters. The number of hydrogen-bond donors (Lipinski definition) is 2. The summed E-state index contributed by atoms with van der Waals surface area (Å²) in [6, 6.07) is 9.39. The molecule has 0 aromatic heterocycles. The predicted octanol–water partition coefficient (Wildman–Crippen LogP) is 2.32. The molecule has 3 nitrogen and oxygen atoms in total. The van der Waals surface area contributed by atoms with Gasteiger partial charge in [0.2, 0.25) is 5.91 Å². The van der Waals surface area contributed by atoms with Crippen molar-refractivity contribution in [3.05, 3.63) is 35.4 Å². The number of rotatable bonds is 4. The molecule has 1 atom stereocenters. The molecule has 102 valence electrons. The first-order chi connectivity index (χ1) is 9.33. The van der Waals surface area contributed by atoms with Crippen molar-refractivity contribution in [3.63, 3.8) is 0 Å². The number of amides is 1. The van der Waals surface area contributed by atoms with Crippen molar-refractivity contribution in [2.24, 2.45) is 0 Å². The Morgan fingerprint density at radius 3 is 2.95 bits per heavy atom. The van der Waals surface area contributed by atoms with Crippen LogP contribution in [-0.2, 0) is 11.2 Å². The van der Waals surface area contributed by atoms with Crippen molar-refractivity contribution < 1.29 is 4.79 Å². The minimum atomic E-state index is 0.217. The summed E-state index contributed by atoms with van der Waals surface area (Å²) in [5.41, 5.74) is 2.82. The number of benzene rings is 1. The van der Waals surface area contributed by atoms with Crippen LogP contribution < -0.4 is 10.6 Å². The second-order valence-corrected chi connectivity index (χ2v) is 5.69. The molecule has 2 N–H and O–H groups in total. The lowest BCUT2D eigenvalue weighted by atomic mass is 9.91. The van der Waals surface area contributed by atoms with E-state index in [9.17, 15) is 4.79 Å². The van der Waals surface area contributed by atoms with Gasteiger partial charge >= 0.3 is 0 Å². The maximum absolute atomic E-state index is 11.9. The minimum absolute atomic E-state index is 0.217. The van der Waals surface area contributed by atoms with Crippen LogP contribution in [-0.4, -0.2) is 18.5 Å². The summed E-state index contributed by atoms with van der Waals surface area (Å²) in [5.74, 6) is 0.217.